The van der Waals surface area contributed by atoms with E-state index in [0.29, 0.717) is 13.1 Å². The van der Waals surface area contributed by atoms with Crippen molar-refractivity contribution < 1.29 is 14.3 Å². The van der Waals surface area contributed by atoms with E-state index in [0.717, 1.165) is 44.9 Å². The van der Waals surface area contributed by atoms with Crippen LogP contribution in [-0.4, -0.2) is 104 Å². The Kier molecular flexibility index (Phi) is 8.13. The molecule has 0 aromatic heterocycles. The van der Waals surface area contributed by atoms with Crippen LogP contribution >= 0.6 is 0 Å². The van der Waals surface area contributed by atoms with E-state index in [-0.39, 0.29) is 24.1 Å². The molecular weight excluding hydrogens is 372 g/mol. The molecule has 2 N–H and O–H groups in total. The molecule has 2 aliphatic heterocycles. The normalized spacial score (nSPS) is 21.0. The minimum absolute atomic E-state index is 0.0243. The van der Waals surface area contributed by atoms with Gasteiger partial charge in [-0.3, -0.25) is 14.7 Å². The average molecular weight is 411 g/mol. The second kappa shape index (κ2) is 10.1. The molecule has 9 heteroatoms. The summed E-state index contributed by atoms with van der Waals surface area (Å²) < 4.78 is 5.37. The van der Waals surface area contributed by atoms with Crippen LogP contribution in [0.3, 0.4) is 0 Å². The van der Waals surface area contributed by atoms with Crippen LogP contribution in [0.1, 0.15) is 40.0 Å². The van der Waals surface area contributed by atoms with E-state index in [1.54, 1.807) is 16.8 Å². The topological polar surface area (TPSA) is 89.5 Å². The highest BCUT2D eigenvalue weighted by Crippen LogP contribution is 2.19. The summed E-state index contributed by atoms with van der Waals surface area (Å²) in [5, 5.41) is 6.66. The number of guanidine groups is 1. The molecule has 2 rings (SSSR count). The van der Waals surface area contributed by atoms with E-state index in [4.69, 9.17) is 4.74 Å². The number of aliphatic imine (C=N–C) groups is 1. The lowest BCUT2D eigenvalue weighted by atomic mass is 10.1. The van der Waals surface area contributed by atoms with Gasteiger partial charge >= 0.3 is 6.09 Å². The first kappa shape index (κ1) is 23.3. The van der Waals surface area contributed by atoms with Crippen LogP contribution in [0, 0.1) is 0 Å². The summed E-state index contributed by atoms with van der Waals surface area (Å²) in [6, 6.07) is 0.200. The van der Waals surface area contributed by atoms with Crippen molar-refractivity contribution in [3.8, 4) is 0 Å². The van der Waals surface area contributed by atoms with E-state index in [1.807, 2.05) is 34.9 Å². The predicted octanol–water partition coefficient (Wildman–Crippen LogP) is 0.713. The second-order valence-electron chi connectivity index (χ2n) is 9.01. The Labute approximate surface area is 174 Å². The third-order valence-electron chi connectivity index (χ3n) is 5.10. The van der Waals surface area contributed by atoms with E-state index >= 15 is 0 Å². The SMILES string of the molecule is CN=C(NCCCN1CCCC1C(=O)N(C)C)NC1CN(C(=O)OC(C)(C)C)C1. The third-order valence-corrected chi connectivity index (χ3v) is 5.10. The fourth-order valence-corrected chi connectivity index (χ4v) is 3.59. The summed E-state index contributed by atoms with van der Waals surface area (Å²) in [7, 11) is 5.38. The number of hydrogen-bond donors (Lipinski definition) is 2. The molecule has 2 heterocycles. The van der Waals surface area contributed by atoms with Gasteiger partial charge < -0.3 is 25.2 Å². The van der Waals surface area contributed by atoms with Crippen LogP contribution in [0.4, 0.5) is 4.79 Å². The van der Waals surface area contributed by atoms with Gasteiger partial charge in [0.05, 0.1) is 12.1 Å². The molecule has 29 heavy (non-hydrogen) atoms. The predicted molar refractivity (Wildman–Crippen MR) is 114 cm³/mol. The zero-order chi connectivity index (χ0) is 21.6. The molecule has 2 fully saturated rings. The molecular formula is C20H38N6O3. The Morgan fingerprint density at radius 1 is 1.24 bits per heavy atom. The van der Waals surface area contributed by atoms with Crippen LogP contribution < -0.4 is 10.6 Å². The number of amides is 2. The highest BCUT2D eigenvalue weighted by Gasteiger charge is 2.34. The molecule has 1 unspecified atom stereocenters. The number of rotatable bonds is 6. The Morgan fingerprint density at radius 3 is 2.52 bits per heavy atom. The van der Waals surface area contributed by atoms with E-state index < -0.39 is 5.60 Å². The van der Waals surface area contributed by atoms with E-state index in [1.165, 1.54) is 0 Å². The van der Waals surface area contributed by atoms with Gasteiger partial charge in [0, 0.05) is 47.3 Å². The van der Waals surface area contributed by atoms with Gasteiger partial charge in [-0.25, -0.2) is 4.79 Å². The summed E-state index contributed by atoms with van der Waals surface area (Å²) >= 11 is 0. The first-order valence-corrected chi connectivity index (χ1v) is 10.5. The number of likely N-dealkylation sites (tertiary alicyclic amines) is 2. The van der Waals surface area contributed by atoms with Crippen LogP contribution in [0.2, 0.25) is 0 Å². The zero-order valence-corrected chi connectivity index (χ0v) is 18.8. The van der Waals surface area contributed by atoms with Crippen molar-refractivity contribution in [3.63, 3.8) is 0 Å². The Hall–Kier alpha value is -2.03. The largest absolute Gasteiger partial charge is 0.444 e. The molecule has 0 bridgehead atoms. The van der Waals surface area contributed by atoms with Crippen molar-refractivity contribution in [3.05, 3.63) is 0 Å². The molecule has 0 spiro atoms. The van der Waals surface area contributed by atoms with Crippen molar-refractivity contribution in [1.29, 1.82) is 0 Å². The molecule has 0 aliphatic carbocycles. The van der Waals surface area contributed by atoms with E-state index in [9.17, 15) is 9.59 Å². The molecule has 9 nitrogen and oxygen atoms in total. The van der Waals surface area contributed by atoms with E-state index in [2.05, 4.69) is 20.5 Å². The van der Waals surface area contributed by atoms with Crippen LogP contribution in [0.5, 0.6) is 0 Å². The summed E-state index contributed by atoms with van der Waals surface area (Å²) in [5.74, 6) is 0.939. The van der Waals surface area contributed by atoms with Gasteiger partial charge in [0.15, 0.2) is 5.96 Å². The van der Waals surface area contributed by atoms with Gasteiger partial charge in [-0.2, -0.15) is 0 Å². The average Bonchev–Trinajstić information content (AvgIpc) is 3.05. The van der Waals surface area contributed by atoms with Gasteiger partial charge in [0.2, 0.25) is 5.91 Å². The van der Waals surface area contributed by atoms with Gasteiger partial charge in [-0.1, -0.05) is 0 Å². The van der Waals surface area contributed by atoms with Crippen molar-refractivity contribution in [2.24, 2.45) is 4.99 Å². The van der Waals surface area contributed by atoms with Crippen molar-refractivity contribution in [1.82, 2.24) is 25.3 Å². The highest BCUT2D eigenvalue weighted by molar-refractivity contribution is 5.82. The molecule has 0 saturated carbocycles. The number of carbonyl (C=O) groups excluding carboxylic acids is 2. The summed E-state index contributed by atoms with van der Waals surface area (Å²) in [6.45, 7) is 9.48. The van der Waals surface area contributed by atoms with Gasteiger partial charge in [-0.05, 0) is 46.6 Å². The third kappa shape index (κ3) is 7.06. The molecule has 2 saturated heterocycles. The van der Waals surface area contributed by atoms with Crippen molar-refractivity contribution in [2.45, 2.75) is 57.7 Å². The quantitative estimate of drug-likeness (QED) is 0.381. The Bertz CT molecular complexity index is 596. The lowest BCUT2D eigenvalue weighted by molar-refractivity contribution is -0.133. The summed E-state index contributed by atoms with van der Waals surface area (Å²) in [5.41, 5.74) is -0.474. The molecule has 1 atom stereocenters. The van der Waals surface area contributed by atoms with Crippen molar-refractivity contribution in [2.75, 3.05) is 53.9 Å². The maximum atomic E-state index is 12.3. The molecule has 0 aromatic rings. The van der Waals surface area contributed by atoms with Gasteiger partial charge in [-0.15, -0.1) is 0 Å². The number of ether oxygens (including phenoxy) is 1. The van der Waals surface area contributed by atoms with Gasteiger partial charge in [0.1, 0.15) is 5.60 Å². The molecule has 0 aromatic carbocycles. The summed E-state index contributed by atoms with van der Waals surface area (Å²) in [6.07, 6.45) is 2.69. The maximum Gasteiger partial charge on any atom is 0.410 e. The molecule has 166 valence electrons. The smallest absolute Gasteiger partial charge is 0.410 e. The number of nitrogens with one attached hydrogen (secondary N) is 2. The van der Waals surface area contributed by atoms with Crippen LogP contribution in [-0.2, 0) is 9.53 Å². The number of nitrogens with zero attached hydrogens (tertiary/aromatic N) is 4. The second-order valence-corrected chi connectivity index (χ2v) is 9.01. The Balaban J connectivity index is 1.64. The Morgan fingerprint density at radius 2 is 1.93 bits per heavy atom. The fourth-order valence-electron chi connectivity index (χ4n) is 3.59. The minimum Gasteiger partial charge on any atom is -0.444 e. The zero-order valence-electron chi connectivity index (χ0n) is 18.8. The highest BCUT2D eigenvalue weighted by atomic mass is 16.6. The van der Waals surface area contributed by atoms with Crippen LogP contribution in [0.15, 0.2) is 4.99 Å². The molecule has 2 amide bonds. The number of likely N-dealkylation sites (N-methyl/N-ethyl adjacent to an activating group) is 1. The molecule has 2 aliphatic rings. The van der Waals surface area contributed by atoms with Crippen molar-refractivity contribution >= 4 is 18.0 Å². The lowest BCUT2D eigenvalue weighted by Crippen LogP contribution is -2.63. The number of hydrogen-bond acceptors (Lipinski definition) is 5. The van der Waals surface area contributed by atoms with Gasteiger partial charge in [0.25, 0.3) is 0 Å². The van der Waals surface area contributed by atoms with Crippen LogP contribution in [0.25, 0.3) is 0 Å². The summed E-state index contributed by atoms with van der Waals surface area (Å²) in [4.78, 5) is 34.2. The number of carbonyl (C=O) groups is 2. The standard InChI is InChI=1S/C20H38N6O3/c1-20(2,3)29-19(28)26-13-15(14-26)23-18(21-4)22-10-8-12-25-11-7-9-16(25)17(27)24(5)6/h15-16H,7-14H2,1-6H3,(H2,21,22,23). The molecule has 0 radical (unpaired) electrons. The monoisotopic (exact) mass is 410 g/mol. The first-order chi connectivity index (χ1) is 13.6. The minimum atomic E-state index is -0.474. The first-order valence-electron chi connectivity index (χ1n) is 10.5. The lowest BCUT2D eigenvalue weighted by Gasteiger charge is -2.40. The maximum absolute atomic E-state index is 12.3. The fraction of sp³-hybridized carbons (Fsp3) is 0.850.